The Morgan fingerprint density at radius 3 is 1.88 bits per heavy atom. The molecule has 1 aromatic heterocycles. The molecule has 42 heavy (non-hydrogen) atoms. The normalized spacial score (nSPS) is 11.9. The van der Waals surface area contributed by atoms with Crippen molar-refractivity contribution < 1.29 is 0 Å². The number of benzene rings is 6. The Kier molecular flexibility index (Phi) is 5.78. The summed E-state index contributed by atoms with van der Waals surface area (Å²) in [5.41, 5.74) is 13.0. The fraction of sp³-hybridized carbons (Fsp3) is 0. The summed E-state index contributed by atoms with van der Waals surface area (Å²) >= 11 is 0. The van der Waals surface area contributed by atoms with Crippen LogP contribution in [0.25, 0.3) is 61.9 Å². The van der Waals surface area contributed by atoms with Gasteiger partial charge in [-0.3, -0.25) is 0 Å². The number of hydrogen-bond acceptors (Lipinski definition) is 1. The molecule has 1 aliphatic rings. The summed E-state index contributed by atoms with van der Waals surface area (Å²) in [5, 5.41) is 6.11. The van der Waals surface area contributed by atoms with E-state index in [1.165, 1.54) is 55.2 Å². The molecule has 0 amide bonds. The second-order valence-electron chi connectivity index (χ2n) is 10.7. The molecule has 0 saturated heterocycles. The maximum atomic E-state index is 3.56. The van der Waals surface area contributed by atoms with E-state index in [9.17, 15) is 0 Å². The van der Waals surface area contributed by atoms with Gasteiger partial charge in [-0.2, -0.15) is 0 Å². The van der Waals surface area contributed by atoms with Gasteiger partial charge in [0.25, 0.3) is 0 Å². The zero-order chi connectivity index (χ0) is 27.9. The first-order valence-corrected chi connectivity index (χ1v) is 14.3. The zero-order valence-electron chi connectivity index (χ0n) is 23.0. The molecule has 1 heterocycles. The van der Waals surface area contributed by atoms with E-state index in [-0.39, 0.29) is 0 Å². The van der Waals surface area contributed by atoms with E-state index < -0.39 is 0 Å². The number of nitrogens with one attached hydrogen (secondary N) is 1. The van der Waals surface area contributed by atoms with Crippen LogP contribution in [-0.2, 0) is 0 Å². The molecular weight excluding hydrogens is 508 g/mol. The first-order chi connectivity index (χ1) is 20.8. The third kappa shape index (κ3) is 4.19. The Morgan fingerprint density at radius 1 is 0.524 bits per heavy atom. The average molecular weight is 536 g/mol. The van der Waals surface area contributed by atoms with Gasteiger partial charge in [-0.1, -0.05) is 78.9 Å². The topological polar surface area (TPSA) is 17.0 Å². The average Bonchev–Trinajstić information content (AvgIpc) is 3.40. The number of fused-ring (bicyclic) bond motifs is 4. The Hall–Kier alpha value is -5.69. The summed E-state index contributed by atoms with van der Waals surface area (Å²) in [7, 11) is 0. The van der Waals surface area contributed by atoms with Gasteiger partial charge in [0.05, 0.1) is 22.7 Å². The number of para-hydroxylation sites is 2. The Bertz CT molecular complexity index is 2090. The molecule has 6 aromatic carbocycles. The summed E-state index contributed by atoms with van der Waals surface area (Å²) in [4.78, 5) is 0. The van der Waals surface area contributed by atoms with Crippen molar-refractivity contribution in [1.29, 1.82) is 0 Å². The highest BCUT2D eigenvalue weighted by Gasteiger charge is 2.15. The van der Waals surface area contributed by atoms with Crippen LogP contribution < -0.4 is 5.32 Å². The Labute approximate surface area is 245 Å². The minimum atomic E-state index is 1.06. The largest absolute Gasteiger partial charge is 0.356 e. The van der Waals surface area contributed by atoms with Crippen LogP contribution in [0.3, 0.4) is 0 Å². The van der Waals surface area contributed by atoms with Crippen molar-refractivity contribution in [3.05, 3.63) is 163 Å². The second kappa shape index (κ2) is 10.1. The van der Waals surface area contributed by atoms with Crippen molar-refractivity contribution in [2.75, 3.05) is 5.32 Å². The van der Waals surface area contributed by atoms with E-state index >= 15 is 0 Å². The number of rotatable bonds is 5. The molecule has 0 aliphatic heterocycles. The van der Waals surface area contributed by atoms with Gasteiger partial charge in [0.15, 0.2) is 0 Å². The van der Waals surface area contributed by atoms with Crippen LogP contribution in [0.2, 0.25) is 0 Å². The van der Waals surface area contributed by atoms with Crippen molar-refractivity contribution in [3.8, 4) is 27.9 Å². The van der Waals surface area contributed by atoms with E-state index in [0.29, 0.717) is 0 Å². The third-order valence-electron chi connectivity index (χ3n) is 8.11. The van der Waals surface area contributed by atoms with Crippen molar-refractivity contribution >= 4 is 45.3 Å². The van der Waals surface area contributed by atoms with Crippen LogP contribution in [-0.4, -0.2) is 4.57 Å². The molecule has 0 bridgehead atoms. The molecule has 0 radical (unpaired) electrons. The van der Waals surface area contributed by atoms with Crippen molar-refractivity contribution in [2.24, 2.45) is 0 Å². The summed E-state index contributed by atoms with van der Waals surface area (Å²) in [6, 6.07) is 49.9. The van der Waals surface area contributed by atoms with E-state index in [1.54, 1.807) is 0 Å². The minimum Gasteiger partial charge on any atom is -0.356 e. The Morgan fingerprint density at radius 2 is 1.17 bits per heavy atom. The van der Waals surface area contributed by atoms with Crippen LogP contribution in [0, 0.1) is 6.08 Å². The van der Waals surface area contributed by atoms with Crippen LogP contribution >= 0.6 is 0 Å². The predicted octanol–water partition coefficient (Wildman–Crippen LogP) is 10.7. The van der Waals surface area contributed by atoms with Crippen molar-refractivity contribution in [2.45, 2.75) is 0 Å². The highest BCUT2D eigenvalue weighted by Crippen LogP contribution is 2.34. The van der Waals surface area contributed by atoms with Gasteiger partial charge in [-0.05, 0) is 71.3 Å². The SMILES string of the molecule is [C+]1=Cc2cccc(-c3ccc(Nc4ccc(-c5cccc(-n6c7ccccc7c7ccccc76)c5)cc4)cc3)c2C=C1. The minimum absolute atomic E-state index is 1.06. The smallest absolute Gasteiger partial charge is 0.111 e. The fourth-order valence-electron chi connectivity index (χ4n) is 6.09. The predicted molar refractivity (Wildman–Crippen MR) is 178 cm³/mol. The highest BCUT2D eigenvalue weighted by atomic mass is 15.0. The van der Waals surface area contributed by atoms with Gasteiger partial charge in [-0.25, -0.2) is 0 Å². The van der Waals surface area contributed by atoms with Crippen molar-refractivity contribution in [3.63, 3.8) is 0 Å². The molecule has 196 valence electrons. The first-order valence-electron chi connectivity index (χ1n) is 14.3. The third-order valence-corrected chi connectivity index (χ3v) is 8.11. The van der Waals surface area contributed by atoms with Gasteiger partial charge in [-0.15, -0.1) is 0 Å². The molecule has 0 unspecified atom stereocenters. The molecule has 0 saturated carbocycles. The lowest BCUT2D eigenvalue weighted by molar-refractivity contribution is 1.18. The molecule has 2 heteroatoms. The Balaban J connectivity index is 1.05. The molecule has 7 aromatic rings. The molecule has 1 aliphatic carbocycles. The molecule has 0 atom stereocenters. The van der Waals surface area contributed by atoms with Crippen LogP contribution in [0.5, 0.6) is 0 Å². The number of anilines is 2. The molecule has 8 rings (SSSR count). The summed E-state index contributed by atoms with van der Waals surface area (Å²) < 4.78 is 2.37. The van der Waals surface area contributed by atoms with E-state index in [4.69, 9.17) is 0 Å². The number of nitrogens with zero attached hydrogens (tertiary/aromatic N) is 1. The van der Waals surface area contributed by atoms with Gasteiger partial charge in [0, 0.05) is 45.5 Å². The maximum Gasteiger partial charge on any atom is 0.111 e. The first kappa shape index (κ1) is 24.1. The molecule has 2 nitrogen and oxygen atoms in total. The number of aromatic nitrogens is 1. The maximum absolute atomic E-state index is 3.56. The molecule has 1 N–H and O–H groups in total. The molecule has 0 spiro atoms. The zero-order valence-corrected chi connectivity index (χ0v) is 23.0. The number of hydrogen-bond donors (Lipinski definition) is 1. The van der Waals surface area contributed by atoms with Crippen LogP contribution in [0.4, 0.5) is 11.4 Å². The van der Waals surface area contributed by atoms with E-state index in [0.717, 1.165) is 17.1 Å². The summed E-state index contributed by atoms with van der Waals surface area (Å²) in [6.45, 7) is 0. The van der Waals surface area contributed by atoms with E-state index in [2.05, 4.69) is 162 Å². The number of allylic oxidation sites excluding steroid dienone is 2. The molecular formula is C40H27N2+. The van der Waals surface area contributed by atoms with Gasteiger partial charge in [0.2, 0.25) is 0 Å². The lowest BCUT2D eigenvalue weighted by atomic mass is 9.93. The monoisotopic (exact) mass is 535 g/mol. The lowest BCUT2D eigenvalue weighted by Crippen LogP contribution is -1.94. The lowest BCUT2D eigenvalue weighted by Gasteiger charge is -2.12. The summed E-state index contributed by atoms with van der Waals surface area (Å²) in [6.07, 6.45) is 9.33. The van der Waals surface area contributed by atoms with Gasteiger partial charge >= 0.3 is 0 Å². The van der Waals surface area contributed by atoms with Gasteiger partial charge < -0.3 is 9.88 Å². The van der Waals surface area contributed by atoms with Crippen LogP contribution in [0.1, 0.15) is 11.1 Å². The standard InChI is InChI=1S/C40H27N2/c1-2-13-35-29(9-1)10-8-16-36(35)30-21-25-33(26-22-30)41-32-23-19-28(20-24-32)31-11-7-12-34(27-31)42-39-17-5-3-14-37(39)38-15-4-6-18-40(38)42/h2-27,41H/q+1. The van der Waals surface area contributed by atoms with Crippen LogP contribution in [0.15, 0.2) is 146 Å². The second-order valence-corrected chi connectivity index (χ2v) is 10.7. The van der Waals surface area contributed by atoms with Crippen molar-refractivity contribution in [1.82, 2.24) is 4.57 Å². The van der Waals surface area contributed by atoms with E-state index in [1.807, 2.05) is 12.2 Å². The summed E-state index contributed by atoms with van der Waals surface area (Å²) in [5.74, 6) is 0. The quantitative estimate of drug-likeness (QED) is 0.217. The molecule has 0 fully saturated rings. The van der Waals surface area contributed by atoms with Gasteiger partial charge in [0.1, 0.15) is 17.7 Å². The highest BCUT2D eigenvalue weighted by molar-refractivity contribution is 6.09. The fourth-order valence-corrected chi connectivity index (χ4v) is 6.09.